The van der Waals surface area contributed by atoms with Crippen LogP contribution in [0.15, 0.2) is 24.3 Å². The first kappa shape index (κ1) is 9.06. The monoisotopic (exact) mass is 191 g/mol. The number of likely N-dealkylation sites (N-methyl/N-ethyl adjacent to an activating group) is 1. The van der Waals surface area contributed by atoms with E-state index in [0.717, 1.165) is 12.1 Å². The van der Waals surface area contributed by atoms with Gasteiger partial charge in [0.25, 0.3) is 0 Å². The molecule has 1 aromatic rings. The predicted octanol–water partition coefficient (Wildman–Crippen LogP) is 1.22. The van der Waals surface area contributed by atoms with E-state index in [4.69, 9.17) is 4.74 Å². The van der Waals surface area contributed by atoms with E-state index >= 15 is 0 Å². The molecular formula is C11H13NO2. The topological polar surface area (TPSA) is 29.5 Å². The summed E-state index contributed by atoms with van der Waals surface area (Å²) in [5, 5.41) is 0. The maximum atomic E-state index is 11.4. The third kappa shape index (κ3) is 1.25. The molecule has 0 bridgehead atoms. The zero-order chi connectivity index (χ0) is 10.1. The number of hydrogen-bond donors (Lipinski definition) is 0. The second-order valence-corrected chi connectivity index (χ2v) is 3.48. The molecule has 3 heteroatoms. The normalized spacial score (nSPS) is 19.3. The molecule has 1 heterocycles. The third-order valence-corrected chi connectivity index (χ3v) is 2.73. The number of hydrogen-bond acceptors (Lipinski definition) is 3. The summed E-state index contributed by atoms with van der Waals surface area (Å²) in [5.41, 5.74) is 2.34. The maximum Gasteiger partial charge on any atom is 0.328 e. The Morgan fingerprint density at radius 1 is 1.50 bits per heavy atom. The molecule has 0 saturated heterocycles. The zero-order valence-corrected chi connectivity index (χ0v) is 8.36. The van der Waals surface area contributed by atoms with Crippen molar-refractivity contribution in [1.82, 2.24) is 0 Å². The molecule has 0 aromatic heterocycles. The average Bonchev–Trinajstić information content (AvgIpc) is 2.56. The Kier molecular flexibility index (Phi) is 2.15. The van der Waals surface area contributed by atoms with Crippen molar-refractivity contribution in [2.24, 2.45) is 0 Å². The highest BCUT2D eigenvalue weighted by atomic mass is 16.5. The van der Waals surface area contributed by atoms with Gasteiger partial charge in [0.15, 0.2) is 0 Å². The van der Waals surface area contributed by atoms with Crippen LogP contribution in [0.3, 0.4) is 0 Å². The standard InChI is InChI=1S/C11H13NO2/c1-12-9-6-4-3-5-8(9)7-10(12)11(13)14-2/h3-6,10H,7H2,1-2H3/t10-/m0/s1. The SMILES string of the molecule is COC(=O)[C@@H]1Cc2ccccc2N1C. The van der Waals surface area contributed by atoms with E-state index in [1.54, 1.807) is 0 Å². The second-order valence-electron chi connectivity index (χ2n) is 3.48. The number of nitrogens with zero attached hydrogens (tertiary/aromatic N) is 1. The predicted molar refractivity (Wildman–Crippen MR) is 54.4 cm³/mol. The summed E-state index contributed by atoms with van der Waals surface area (Å²) in [6.45, 7) is 0. The van der Waals surface area contributed by atoms with E-state index < -0.39 is 0 Å². The van der Waals surface area contributed by atoms with Crippen LogP contribution in [0, 0.1) is 0 Å². The van der Waals surface area contributed by atoms with Gasteiger partial charge in [-0.15, -0.1) is 0 Å². The minimum Gasteiger partial charge on any atom is -0.467 e. The van der Waals surface area contributed by atoms with Gasteiger partial charge in [-0.2, -0.15) is 0 Å². The van der Waals surface area contributed by atoms with Gasteiger partial charge in [-0.05, 0) is 11.6 Å². The fraction of sp³-hybridized carbons (Fsp3) is 0.364. The van der Waals surface area contributed by atoms with Gasteiger partial charge in [-0.1, -0.05) is 18.2 Å². The van der Waals surface area contributed by atoms with Crippen LogP contribution in [0.25, 0.3) is 0 Å². The molecule has 0 radical (unpaired) electrons. The van der Waals surface area contributed by atoms with Crippen molar-refractivity contribution in [3.05, 3.63) is 29.8 Å². The minimum absolute atomic E-state index is 0.155. The van der Waals surface area contributed by atoms with Crippen molar-refractivity contribution >= 4 is 11.7 Å². The number of ether oxygens (including phenoxy) is 1. The van der Waals surface area contributed by atoms with Gasteiger partial charge in [0.2, 0.25) is 0 Å². The van der Waals surface area contributed by atoms with Gasteiger partial charge in [-0.25, -0.2) is 4.79 Å². The smallest absolute Gasteiger partial charge is 0.328 e. The van der Waals surface area contributed by atoms with Gasteiger partial charge in [-0.3, -0.25) is 0 Å². The van der Waals surface area contributed by atoms with Crippen LogP contribution >= 0.6 is 0 Å². The Balaban J connectivity index is 2.30. The Labute approximate surface area is 83.3 Å². The van der Waals surface area contributed by atoms with E-state index in [9.17, 15) is 4.79 Å². The van der Waals surface area contributed by atoms with Crippen molar-refractivity contribution in [1.29, 1.82) is 0 Å². The molecule has 1 aromatic carbocycles. The summed E-state index contributed by atoms with van der Waals surface area (Å²) in [5.74, 6) is -0.163. The summed E-state index contributed by atoms with van der Waals surface area (Å²) in [4.78, 5) is 13.4. The number of para-hydroxylation sites is 1. The molecule has 1 atom stereocenters. The summed E-state index contributed by atoms with van der Waals surface area (Å²) in [7, 11) is 3.35. The van der Waals surface area contributed by atoms with Gasteiger partial charge in [0, 0.05) is 19.2 Å². The molecular weight excluding hydrogens is 178 g/mol. The van der Waals surface area contributed by atoms with E-state index in [2.05, 4.69) is 6.07 Å². The lowest BCUT2D eigenvalue weighted by Crippen LogP contribution is -2.36. The first-order valence-corrected chi connectivity index (χ1v) is 4.62. The number of fused-ring (bicyclic) bond motifs is 1. The molecule has 2 rings (SSSR count). The van der Waals surface area contributed by atoms with Crippen LogP contribution in [-0.2, 0) is 16.0 Å². The highest BCUT2D eigenvalue weighted by Crippen LogP contribution is 2.30. The molecule has 3 nitrogen and oxygen atoms in total. The fourth-order valence-corrected chi connectivity index (χ4v) is 1.92. The van der Waals surface area contributed by atoms with Crippen LogP contribution in [0.5, 0.6) is 0 Å². The molecule has 0 saturated carbocycles. The lowest BCUT2D eigenvalue weighted by atomic mass is 10.1. The Morgan fingerprint density at radius 3 is 2.86 bits per heavy atom. The number of methoxy groups -OCH3 is 1. The molecule has 0 unspecified atom stereocenters. The molecule has 0 amide bonds. The van der Waals surface area contributed by atoms with Crippen molar-refractivity contribution < 1.29 is 9.53 Å². The number of benzene rings is 1. The Hall–Kier alpha value is -1.51. The van der Waals surface area contributed by atoms with Crippen LogP contribution < -0.4 is 4.90 Å². The maximum absolute atomic E-state index is 11.4. The molecule has 1 aliphatic rings. The molecule has 74 valence electrons. The Morgan fingerprint density at radius 2 is 2.21 bits per heavy atom. The van der Waals surface area contributed by atoms with Crippen LogP contribution in [0.2, 0.25) is 0 Å². The van der Waals surface area contributed by atoms with E-state index in [1.165, 1.54) is 12.7 Å². The minimum atomic E-state index is -0.163. The summed E-state index contributed by atoms with van der Waals surface area (Å²) >= 11 is 0. The van der Waals surface area contributed by atoms with Crippen LogP contribution in [0.1, 0.15) is 5.56 Å². The first-order valence-electron chi connectivity index (χ1n) is 4.62. The summed E-state index contributed by atoms with van der Waals surface area (Å²) < 4.78 is 4.76. The number of carbonyl (C=O) groups is 1. The van der Waals surface area contributed by atoms with Gasteiger partial charge in [0.1, 0.15) is 6.04 Å². The van der Waals surface area contributed by atoms with Crippen molar-refractivity contribution in [3.63, 3.8) is 0 Å². The molecule has 1 aliphatic heterocycles. The van der Waals surface area contributed by atoms with E-state index in [-0.39, 0.29) is 12.0 Å². The van der Waals surface area contributed by atoms with Crippen LogP contribution in [-0.4, -0.2) is 26.2 Å². The number of esters is 1. The van der Waals surface area contributed by atoms with Crippen LogP contribution in [0.4, 0.5) is 5.69 Å². The van der Waals surface area contributed by atoms with Gasteiger partial charge in [0.05, 0.1) is 7.11 Å². The Bertz CT molecular complexity index is 362. The number of anilines is 1. The molecule has 14 heavy (non-hydrogen) atoms. The van der Waals surface area contributed by atoms with E-state index in [1.807, 2.05) is 30.1 Å². The molecule has 0 spiro atoms. The summed E-state index contributed by atoms with van der Waals surface area (Å²) in [6.07, 6.45) is 0.749. The summed E-state index contributed by atoms with van der Waals surface area (Å²) in [6, 6.07) is 7.89. The lowest BCUT2D eigenvalue weighted by Gasteiger charge is -2.19. The third-order valence-electron chi connectivity index (χ3n) is 2.73. The van der Waals surface area contributed by atoms with Gasteiger partial charge >= 0.3 is 5.97 Å². The fourth-order valence-electron chi connectivity index (χ4n) is 1.92. The number of carbonyl (C=O) groups excluding carboxylic acids is 1. The average molecular weight is 191 g/mol. The zero-order valence-electron chi connectivity index (χ0n) is 8.36. The number of rotatable bonds is 1. The van der Waals surface area contributed by atoms with Crippen molar-refractivity contribution in [3.8, 4) is 0 Å². The molecule has 0 N–H and O–H groups in total. The molecule has 0 aliphatic carbocycles. The first-order chi connectivity index (χ1) is 6.74. The van der Waals surface area contributed by atoms with Crippen molar-refractivity contribution in [2.45, 2.75) is 12.5 Å². The second kappa shape index (κ2) is 3.33. The largest absolute Gasteiger partial charge is 0.467 e. The lowest BCUT2D eigenvalue weighted by molar-refractivity contribution is -0.141. The quantitative estimate of drug-likeness (QED) is 0.625. The highest BCUT2D eigenvalue weighted by molar-refractivity contribution is 5.83. The van der Waals surface area contributed by atoms with Crippen molar-refractivity contribution in [2.75, 3.05) is 19.1 Å². The van der Waals surface area contributed by atoms with E-state index in [0.29, 0.717) is 0 Å². The van der Waals surface area contributed by atoms with Gasteiger partial charge < -0.3 is 9.64 Å². The molecule has 0 fully saturated rings. The highest BCUT2D eigenvalue weighted by Gasteiger charge is 2.32.